The molecule has 0 saturated carbocycles. The second-order valence-electron chi connectivity index (χ2n) is 9.68. The highest BCUT2D eigenvalue weighted by Gasteiger charge is 2.55. The zero-order valence-electron chi connectivity index (χ0n) is 19.0. The molecular formula is C26H31F2NO4. The maximum Gasteiger partial charge on any atom is 0.256 e. The lowest BCUT2D eigenvalue weighted by Crippen LogP contribution is -2.58. The van der Waals surface area contributed by atoms with Crippen molar-refractivity contribution < 1.29 is 28.5 Å². The minimum Gasteiger partial charge on any atom is -0.396 e. The van der Waals surface area contributed by atoms with E-state index in [9.17, 15) is 23.8 Å². The van der Waals surface area contributed by atoms with Gasteiger partial charge in [0, 0.05) is 19.7 Å². The Morgan fingerprint density at radius 2 is 1.91 bits per heavy atom. The number of carbonyl (C=O) groups excluding carboxylic acids is 1. The smallest absolute Gasteiger partial charge is 0.256 e. The number of hydrogen-bond donors (Lipinski definition) is 2. The summed E-state index contributed by atoms with van der Waals surface area (Å²) in [6.45, 7) is 1.81. The average molecular weight is 460 g/mol. The molecule has 0 spiro atoms. The standard InChI is InChI=1S/C26H31F2NO4/c1-25-15-18(17-6-4-3-5-7-17)16-26(33-25,12-13-30)11-10-22(23(25)31)29(2)24(32)20-9-8-19(27)14-21(20)28/h3-9,14,18,22-23,30-31H,10-13,15-16H2,1-2H3/t18-,22+,23-,25+,26-/m1/s1. The molecule has 0 unspecified atom stereocenters. The third-order valence-electron chi connectivity index (χ3n) is 7.42. The minimum atomic E-state index is -1.03. The summed E-state index contributed by atoms with van der Waals surface area (Å²) < 4.78 is 34.2. The molecule has 7 heteroatoms. The van der Waals surface area contributed by atoms with Gasteiger partial charge in [0.05, 0.1) is 22.8 Å². The van der Waals surface area contributed by atoms with Gasteiger partial charge in [-0.05, 0) is 62.6 Å². The van der Waals surface area contributed by atoms with Crippen molar-refractivity contribution in [1.82, 2.24) is 4.90 Å². The van der Waals surface area contributed by atoms with E-state index in [1.165, 1.54) is 11.9 Å². The van der Waals surface area contributed by atoms with Gasteiger partial charge in [0.1, 0.15) is 17.7 Å². The minimum absolute atomic E-state index is 0.0477. The number of rotatable bonds is 5. The number of aliphatic hydroxyl groups is 2. The van der Waals surface area contributed by atoms with Crippen molar-refractivity contribution in [2.24, 2.45) is 0 Å². The van der Waals surface area contributed by atoms with E-state index >= 15 is 0 Å². The zero-order chi connectivity index (χ0) is 23.8. The van der Waals surface area contributed by atoms with Crippen molar-refractivity contribution in [3.05, 3.63) is 71.3 Å². The molecule has 2 fully saturated rings. The van der Waals surface area contributed by atoms with Crippen molar-refractivity contribution in [2.75, 3.05) is 13.7 Å². The third-order valence-corrected chi connectivity index (χ3v) is 7.42. The van der Waals surface area contributed by atoms with Crippen LogP contribution in [-0.4, -0.2) is 58.0 Å². The number of likely N-dealkylation sites (N-methyl/N-ethyl adjacent to an activating group) is 1. The predicted octanol–water partition coefficient (Wildman–Crippen LogP) is 4.03. The molecule has 2 aromatic rings. The van der Waals surface area contributed by atoms with Gasteiger partial charge < -0.3 is 19.8 Å². The summed E-state index contributed by atoms with van der Waals surface area (Å²) in [5.74, 6) is -2.18. The van der Waals surface area contributed by atoms with Gasteiger partial charge in [0.2, 0.25) is 0 Å². The number of fused-ring (bicyclic) bond motifs is 2. The average Bonchev–Trinajstić information content (AvgIpc) is 2.85. The van der Waals surface area contributed by atoms with Gasteiger partial charge in [0.15, 0.2) is 0 Å². The van der Waals surface area contributed by atoms with Gasteiger partial charge >= 0.3 is 0 Å². The zero-order valence-corrected chi connectivity index (χ0v) is 19.0. The van der Waals surface area contributed by atoms with Crippen molar-refractivity contribution in [3.63, 3.8) is 0 Å². The quantitative estimate of drug-likeness (QED) is 0.708. The number of aliphatic hydroxyl groups excluding tert-OH is 2. The summed E-state index contributed by atoms with van der Waals surface area (Å²) in [5.41, 5.74) is -0.692. The number of hydrogen-bond acceptors (Lipinski definition) is 4. The van der Waals surface area contributed by atoms with Crippen molar-refractivity contribution in [1.29, 1.82) is 0 Å². The van der Waals surface area contributed by atoms with Gasteiger partial charge in [-0.15, -0.1) is 0 Å². The Kier molecular flexibility index (Phi) is 6.58. The normalized spacial score (nSPS) is 31.6. The van der Waals surface area contributed by atoms with Gasteiger partial charge in [-0.25, -0.2) is 8.78 Å². The molecule has 2 heterocycles. The van der Waals surface area contributed by atoms with E-state index in [-0.39, 0.29) is 18.1 Å². The van der Waals surface area contributed by atoms with Crippen LogP contribution < -0.4 is 0 Å². The van der Waals surface area contributed by atoms with Crippen molar-refractivity contribution in [2.45, 2.75) is 68.3 Å². The Labute approximate surface area is 193 Å². The lowest BCUT2D eigenvalue weighted by molar-refractivity contribution is -0.225. The molecule has 2 aliphatic rings. The molecule has 2 N–H and O–H groups in total. The summed E-state index contributed by atoms with van der Waals surface area (Å²) in [5, 5.41) is 21.3. The summed E-state index contributed by atoms with van der Waals surface area (Å²) >= 11 is 0. The molecule has 178 valence electrons. The van der Waals surface area contributed by atoms with Crippen LogP contribution in [0, 0.1) is 11.6 Å². The summed E-state index contributed by atoms with van der Waals surface area (Å²) in [6, 6.07) is 12.3. The highest BCUT2D eigenvalue weighted by Crippen LogP contribution is 2.51. The van der Waals surface area contributed by atoms with E-state index in [4.69, 9.17) is 4.74 Å². The number of benzene rings is 2. The van der Waals surface area contributed by atoms with Crippen LogP contribution in [0.15, 0.2) is 48.5 Å². The number of amides is 1. The monoisotopic (exact) mass is 459 g/mol. The Morgan fingerprint density at radius 1 is 1.18 bits per heavy atom. The molecular weight excluding hydrogens is 428 g/mol. The number of nitrogens with zero attached hydrogens (tertiary/aromatic N) is 1. The largest absolute Gasteiger partial charge is 0.396 e. The van der Waals surface area contributed by atoms with Crippen LogP contribution in [-0.2, 0) is 4.74 Å². The van der Waals surface area contributed by atoms with Crippen LogP contribution in [0.25, 0.3) is 0 Å². The van der Waals surface area contributed by atoms with Crippen LogP contribution in [0.4, 0.5) is 8.78 Å². The third kappa shape index (κ3) is 4.54. The van der Waals surface area contributed by atoms with Gasteiger partial charge in [-0.2, -0.15) is 0 Å². The van der Waals surface area contributed by atoms with Gasteiger partial charge in [0.25, 0.3) is 5.91 Å². The molecule has 5 atom stereocenters. The van der Waals surface area contributed by atoms with Crippen LogP contribution in [0.2, 0.25) is 0 Å². The van der Waals surface area contributed by atoms with Gasteiger partial charge in [-0.1, -0.05) is 30.3 Å². The van der Waals surface area contributed by atoms with E-state index in [2.05, 4.69) is 12.1 Å². The van der Waals surface area contributed by atoms with Crippen molar-refractivity contribution >= 4 is 5.91 Å². The fourth-order valence-electron chi connectivity index (χ4n) is 5.75. The first kappa shape index (κ1) is 23.8. The first-order valence-electron chi connectivity index (χ1n) is 11.4. The van der Waals surface area contributed by atoms with Crippen LogP contribution in [0.3, 0.4) is 0 Å². The molecule has 33 heavy (non-hydrogen) atoms. The Balaban J connectivity index is 1.66. The highest BCUT2D eigenvalue weighted by molar-refractivity contribution is 5.94. The second-order valence-corrected chi connectivity index (χ2v) is 9.68. The maximum absolute atomic E-state index is 14.3. The molecule has 4 rings (SSSR count). The lowest BCUT2D eigenvalue weighted by Gasteiger charge is -2.50. The number of halogens is 2. The fourth-order valence-corrected chi connectivity index (χ4v) is 5.75. The predicted molar refractivity (Wildman–Crippen MR) is 120 cm³/mol. The Hall–Kier alpha value is -2.35. The number of carbonyl (C=O) groups is 1. The van der Waals surface area contributed by atoms with E-state index < -0.39 is 40.9 Å². The van der Waals surface area contributed by atoms with E-state index in [0.717, 1.165) is 17.7 Å². The summed E-state index contributed by atoms with van der Waals surface area (Å²) in [4.78, 5) is 14.4. The molecule has 0 aliphatic carbocycles. The van der Waals surface area contributed by atoms with E-state index in [1.807, 2.05) is 25.1 Å². The molecule has 2 saturated heterocycles. The van der Waals surface area contributed by atoms with E-state index in [0.29, 0.717) is 38.2 Å². The SMILES string of the molecule is CN(C(=O)c1ccc(F)cc1F)[C@H]1CC[C@@]2(CCO)C[C@H](c3ccccc3)C[C@](C)(O2)[C@@H]1O. The topological polar surface area (TPSA) is 70.0 Å². The summed E-state index contributed by atoms with van der Waals surface area (Å²) in [6.07, 6.45) is 1.63. The first-order valence-corrected chi connectivity index (χ1v) is 11.4. The first-order chi connectivity index (χ1) is 15.7. The highest BCUT2D eigenvalue weighted by atomic mass is 19.1. The molecule has 0 radical (unpaired) electrons. The van der Waals surface area contributed by atoms with Crippen LogP contribution in [0.1, 0.15) is 60.9 Å². The molecule has 1 amide bonds. The molecule has 5 nitrogen and oxygen atoms in total. The summed E-state index contributed by atoms with van der Waals surface area (Å²) in [7, 11) is 1.53. The van der Waals surface area contributed by atoms with Crippen LogP contribution >= 0.6 is 0 Å². The Bertz CT molecular complexity index is 1000. The molecule has 2 aliphatic heterocycles. The fraction of sp³-hybridized carbons (Fsp3) is 0.500. The molecule has 2 aromatic carbocycles. The van der Waals surface area contributed by atoms with E-state index in [1.54, 1.807) is 0 Å². The van der Waals surface area contributed by atoms with Gasteiger partial charge in [-0.3, -0.25) is 4.79 Å². The number of ether oxygens (including phenoxy) is 1. The van der Waals surface area contributed by atoms with Crippen molar-refractivity contribution in [3.8, 4) is 0 Å². The van der Waals surface area contributed by atoms with Crippen LogP contribution in [0.5, 0.6) is 0 Å². The molecule has 2 bridgehead atoms. The second kappa shape index (κ2) is 9.12. The molecule has 0 aromatic heterocycles. The Morgan fingerprint density at radius 3 is 2.58 bits per heavy atom. The maximum atomic E-state index is 14.3. The lowest BCUT2D eigenvalue weighted by atomic mass is 9.73.